The van der Waals surface area contributed by atoms with E-state index < -0.39 is 12.2 Å². The highest BCUT2D eigenvalue weighted by molar-refractivity contribution is 5.77. The Balaban J connectivity index is 3.53. The first-order valence-corrected chi connectivity index (χ1v) is 2.81. The summed E-state index contributed by atoms with van der Waals surface area (Å²) in [6.45, 7) is 1.62. The minimum atomic E-state index is -0.839. The monoisotopic (exact) mass is 145 g/mol. The summed E-state index contributed by atoms with van der Waals surface area (Å²) in [4.78, 5) is 10.1. The summed E-state index contributed by atoms with van der Waals surface area (Å²) in [6.07, 6.45) is -1.02. The van der Waals surface area contributed by atoms with Crippen molar-refractivity contribution in [2.75, 3.05) is 0 Å². The quantitative estimate of drug-likeness (QED) is 0.378. The van der Waals surface area contributed by atoms with Crippen LogP contribution >= 0.6 is 0 Å². The van der Waals surface area contributed by atoms with Gasteiger partial charge in [0.2, 0.25) is 0 Å². The van der Waals surface area contributed by atoms with E-state index in [1.165, 1.54) is 0 Å². The van der Waals surface area contributed by atoms with E-state index in [9.17, 15) is 4.79 Å². The highest BCUT2D eigenvalue weighted by Crippen LogP contribution is 1.94. The number of nitrogens with two attached hydrogens (primary N) is 2. The van der Waals surface area contributed by atoms with Crippen LogP contribution in [0.5, 0.6) is 0 Å². The number of amidine groups is 1. The van der Waals surface area contributed by atoms with Crippen molar-refractivity contribution in [1.82, 2.24) is 0 Å². The third-order valence-electron chi connectivity index (χ3n) is 0.825. The molecule has 0 bridgehead atoms. The van der Waals surface area contributed by atoms with E-state index in [1.807, 2.05) is 0 Å². The Morgan fingerprint density at radius 2 is 2.20 bits per heavy atom. The van der Waals surface area contributed by atoms with E-state index >= 15 is 0 Å². The molecule has 10 heavy (non-hydrogen) atoms. The van der Waals surface area contributed by atoms with E-state index in [1.54, 1.807) is 6.92 Å². The zero-order chi connectivity index (χ0) is 8.15. The number of carbonyl (C=O) groups is 1. The molecule has 1 atom stereocenters. The molecule has 0 saturated carbocycles. The molecule has 0 aromatic carbocycles. The second-order valence-electron chi connectivity index (χ2n) is 1.98. The van der Waals surface area contributed by atoms with Gasteiger partial charge in [-0.1, -0.05) is 0 Å². The van der Waals surface area contributed by atoms with Crippen molar-refractivity contribution in [3.63, 3.8) is 0 Å². The molecule has 0 radical (unpaired) electrons. The van der Waals surface area contributed by atoms with Crippen LogP contribution in [-0.4, -0.2) is 18.0 Å². The molecule has 0 aliphatic carbocycles. The Morgan fingerprint density at radius 3 is 2.50 bits per heavy atom. The van der Waals surface area contributed by atoms with Gasteiger partial charge < -0.3 is 16.2 Å². The van der Waals surface area contributed by atoms with Gasteiger partial charge in [-0.2, -0.15) is 0 Å². The maximum absolute atomic E-state index is 10.1. The van der Waals surface area contributed by atoms with Gasteiger partial charge >= 0.3 is 6.09 Å². The second-order valence-corrected chi connectivity index (χ2v) is 1.98. The van der Waals surface area contributed by atoms with Gasteiger partial charge in [-0.3, -0.25) is 5.41 Å². The first-order chi connectivity index (χ1) is 4.52. The fourth-order valence-electron chi connectivity index (χ4n) is 0.550. The molecule has 0 aromatic rings. The minimum Gasteiger partial charge on any atom is -0.446 e. The predicted molar refractivity (Wildman–Crippen MR) is 36.7 cm³/mol. The third-order valence-corrected chi connectivity index (χ3v) is 0.825. The Bertz CT molecular complexity index is 130. The molecule has 0 aliphatic rings. The molecule has 5 nitrogen and oxygen atoms in total. The van der Waals surface area contributed by atoms with Crippen LogP contribution in [0.3, 0.4) is 0 Å². The predicted octanol–water partition coefficient (Wildman–Crippen LogP) is -0.204. The second kappa shape index (κ2) is 3.71. The van der Waals surface area contributed by atoms with Gasteiger partial charge in [0.25, 0.3) is 0 Å². The normalized spacial score (nSPS) is 12.1. The molecule has 5 N–H and O–H groups in total. The lowest BCUT2D eigenvalue weighted by molar-refractivity contribution is 0.119. The molecule has 0 saturated heterocycles. The number of hydrogen-bond donors (Lipinski definition) is 3. The summed E-state index contributed by atoms with van der Waals surface area (Å²) < 4.78 is 4.48. The fraction of sp³-hybridized carbons (Fsp3) is 0.600. The molecule has 0 aromatic heterocycles. The number of carbonyl (C=O) groups excluding carboxylic acids is 1. The van der Waals surface area contributed by atoms with Gasteiger partial charge in [-0.05, 0) is 6.92 Å². The van der Waals surface area contributed by atoms with Crippen LogP contribution in [0.15, 0.2) is 0 Å². The molecule has 0 fully saturated rings. The number of hydrogen-bond acceptors (Lipinski definition) is 3. The first-order valence-electron chi connectivity index (χ1n) is 2.81. The van der Waals surface area contributed by atoms with E-state index in [2.05, 4.69) is 4.74 Å². The number of primary amides is 1. The maximum atomic E-state index is 10.1. The van der Waals surface area contributed by atoms with Gasteiger partial charge in [0.05, 0.1) is 5.84 Å². The van der Waals surface area contributed by atoms with E-state index in [4.69, 9.17) is 16.9 Å². The molecule has 0 aliphatic heterocycles. The summed E-state index contributed by atoms with van der Waals surface area (Å²) in [5.74, 6) is -0.0197. The SMILES string of the molecule is CC(CC(=N)N)OC(N)=O. The van der Waals surface area contributed by atoms with E-state index in [-0.39, 0.29) is 12.3 Å². The summed E-state index contributed by atoms with van der Waals surface area (Å²) in [7, 11) is 0. The number of rotatable bonds is 3. The minimum absolute atomic E-state index is 0.0197. The Morgan fingerprint density at radius 1 is 1.70 bits per heavy atom. The molecular formula is C5H11N3O2. The van der Waals surface area contributed by atoms with Crippen molar-refractivity contribution >= 4 is 11.9 Å². The highest BCUT2D eigenvalue weighted by Gasteiger charge is 2.05. The lowest BCUT2D eigenvalue weighted by Crippen LogP contribution is -2.25. The molecule has 5 heteroatoms. The first kappa shape index (κ1) is 8.74. The van der Waals surface area contributed by atoms with Crippen molar-refractivity contribution in [2.45, 2.75) is 19.4 Å². The summed E-state index contributed by atoms with van der Waals surface area (Å²) in [6, 6.07) is 0. The van der Waals surface area contributed by atoms with Gasteiger partial charge in [0.1, 0.15) is 6.10 Å². The Labute approximate surface area is 58.8 Å². The number of ether oxygens (including phenoxy) is 1. The topological polar surface area (TPSA) is 102 Å². The van der Waals surface area contributed by atoms with E-state index in [0.717, 1.165) is 0 Å². The molecule has 0 rings (SSSR count). The Hall–Kier alpha value is -1.26. The summed E-state index contributed by atoms with van der Waals surface area (Å²) in [5.41, 5.74) is 9.72. The molecule has 0 spiro atoms. The van der Waals surface area contributed by atoms with Gasteiger partial charge in [0.15, 0.2) is 0 Å². The standard InChI is InChI=1S/C5H11N3O2/c1-3(2-4(6)7)10-5(8)9/h3H,2H2,1H3,(H3,6,7)(H2,8,9). The van der Waals surface area contributed by atoms with Crippen molar-refractivity contribution in [2.24, 2.45) is 11.5 Å². The lowest BCUT2D eigenvalue weighted by atomic mass is 10.3. The van der Waals surface area contributed by atoms with Crippen LogP contribution in [-0.2, 0) is 4.74 Å². The fourth-order valence-corrected chi connectivity index (χ4v) is 0.550. The summed E-state index contributed by atoms with van der Waals surface area (Å²) >= 11 is 0. The average Bonchev–Trinajstić information content (AvgIpc) is 1.58. The van der Waals surface area contributed by atoms with E-state index in [0.29, 0.717) is 0 Å². The van der Waals surface area contributed by atoms with Crippen LogP contribution in [0.25, 0.3) is 0 Å². The summed E-state index contributed by atoms with van der Waals surface area (Å²) in [5, 5.41) is 6.81. The smallest absolute Gasteiger partial charge is 0.404 e. The molecule has 0 heterocycles. The van der Waals surface area contributed by atoms with Crippen LogP contribution in [0.1, 0.15) is 13.3 Å². The zero-order valence-electron chi connectivity index (χ0n) is 5.76. The van der Waals surface area contributed by atoms with Gasteiger partial charge in [-0.15, -0.1) is 0 Å². The van der Waals surface area contributed by atoms with Crippen LogP contribution in [0.4, 0.5) is 4.79 Å². The van der Waals surface area contributed by atoms with Gasteiger partial charge in [0, 0.05) is 6.42 Å². The molecule has 1 amide bonds. The van der Waals surface area contributed by atoms with Crippen LogP contribution in [0.2, 0.25) is 0 Å². The third kappa shape index (κ3) is 4.89. The average molecular weight is 145 g/mol. The van der Waals surface area contributed by atoms with Crippen molar-refractivity contribution < 1.29 is 9.53 Å². The number of nitrogens with one attached hydrogen (secondary N) is 1. The zero-order valence-corrected chi connectivity index (χ0v) is 5.76. The molecule has 1 unspecified atom stereocenters. The van der Waals surface area contributed by atoms with Crippen LogP contribution < -0.4 is 11.5 Å². The molecule has 58 valence electrons. The lowest BCUT2D eigenvalue weighted by Gasteiger charge is -2.08. The van der Waals surface area contributed by atoms with Gasteiger partial charge in [-0.25, -0.2) is 4.79 Å². The van der Waals surface area contributed by atoms with Crippen molar-refractivity contribution in [3.8, 4) is 0 Å². The Kier molecular flexibility index (Phi) is 3.24. The van der Waals surface area contributed by atoms with Crippen LogP contribution in [0, 0.1) is 5.41 Å². The maximum Gasteiger partial charge on any atom is 0.404 e. The largest absolute Gasteiger partial charge is 0.446 e. The van der Waals surface area contributed by atoms with Crippen molar-refractivity contribution in [1.29, 1.82) is 5.41 Å². The van der Waals surface area contributed by atoms with Crippen molar-refractivity contribution in [3.05, 3.63) is 0 Å². The highest BCUT2D eigenvalue weighted by atomic mass is 16.6. The molecular weight excluding hydrogens is 134 g/mol. The number of amides is 1.